The second-order valence-corrected chi connectivity index (χ2v) is 8.38. The molecule has 0 radical (unpaired) electrons. The number of rotatable bonds is 8. The molecule has 9 heteroatoms. The summed E-state index contributed by atoms with van der Waals surface area (Å²) in [6.07, 6.45) is 1.71. The largest absolute Gasteiger partial charge is 0.494 e. The highest BCUT2D eigenvalue weighted by atomic mass is 16.5. The molecule has 0 atom stereocenters. The fourth-order valence-electron chi connectivity index (χ4n) is 4.54. The highest BCUT2D eigenvalue weighted by molar-refractivity contribution is 5.61. The molecule has 30 heavy (non-hydrogen) atoms. The van der Waals surface area contributed by atoms with Crippen molar-refractivity contribution in [2.75, 3.05) is 70.9 Å². The summed E-state index contributed by atoms with van der Waals surface area (Å²) in [4.78, 5) is 5.04. The number of anilines is 1. The monoisotopic (exact) mass is 414 g/mol. The van der Waals surface area contributed by atoms with Crippen LogP contribution in [0.15, 0.2) is 34.8 Å². The summed E-state index contributed by atoms with van der Waals surface area (Å²) in [6, 6.07) is 6.19. The van der Waals surface area contributed by atoms with Gasteiger partial charge in [-0.05, 0) is 24.2 Å². The number of hydrogen-bond donors (Lipinski definition) is 0. The molecule has 0 N–H and O–H groups in total. The van der Waals surface area contributed by atoms with Gasteiger partial charge in [0.05, 0.1) is 53.9 Å². The van der Waals surface area contributed by atoms with E-state index in [1.807, 2.05) is 24.7 Å². The van der Waals surface area contributed by atoms with Crippen molar-refractivity contribution < 1.29 is 13.8 Å². The minimum Gasteiger partial charge on any atom is -0.494 e. The summed E-state index contributed by atoms with van der Waals surface area (Å²) in [5.74, 6) is 1.41. The molecule has 2 aromatic rings. The third-order valence-corrected chi connectivity index (χ3v) is 6.68. The lowest BCUT2D eigenvalue weighted by atomic mass is 10.1. The number of quaternary nitrogens is 1. The van der Waals surface area contributed by atoms with Crippen LogP contribution in [-0.4, -0.2) is 85.2 Å². The van der Waals surface area contributed by atoms with Crippen LogP contribution in [0.4, 0.5) is 17.3 Å². The molecule has 0 amide bonds. The molecule has 3 fully saturated rings. The molecular formula is C21H34N8O+2. The Morgan fingerprint density at radius 2 is 1.93 bits per heavy atom. The molecule has 0 unspecified atom stereocenters. The second kappa shape index (κ2) is 8.69. The third kappa shape index (κ3) is 4.17. The van der Waals surface area contributed by atoms with Gasteiger partial charge >= 0.3 is 5.95 Å². The van der Waals surface area contributed by atoms with Crippen molar-refractivity contribution in [3.8, 4) is 5.75 Å². The third-order valence-electron chi connectivity index (χ3n) is 6.68. The first-order valence-electron chi connectivity index (χ1n) is 10.8. The van der Waals surface area contributed by atoms with E-state index >= 15 is 0 Å². The van der Waals surface area contributed by atoms with Gasteiger partial charge in [0.2, 0.25) is 6.33 Å². The number of fused-ring (bicyclic) bond motifs is 3. The number of nitrogens with zero attached hydrogens (tertiary/aromatic N) is 8. The van der Waals surface area contributed by atoms with E-state index in [0.29, 0.717) is 11.6 Å². The number of aryl methyl sites for hydroxylation is 2. The number of piperazine rings is 3. The number of methoxy groups -OCH3 is 1. The number of benzene rings is 1. The number of likely N-dealkylation sites (N-methyl/N-ethyl adjacent to an activating group) is 1. The maximum Gasteiger partial charge on any atom is 0.403 e. The summed E-state index contributed by atoms with van der Waals surface area (Å²) in [6.45, 7) is 13.1. The number of ether oxygens (including phenoxy) is 1. The Hall–Kier alpha value is -2.52. The summed E-state index contributed by atoms with van der Waals surface area (Å²) in [7, 11) is 5.43. The maximum absolute atomic E-state index is 5.63. The molecule has 3 saturated heterocycles. The molecule has 0 aliphatic carbocycles. The summed E-state index contributed by atoms with van der Waals surface area (Å²) in [5.41, 5.74) is 1.89. The van der Waals surface area contributed by atoms with E-state index < -0.39 is 0 Å². The predicted octanol–water partition coefficient (Wildman–Crippen LogP) is 1.64. The lowest BCUT2D eigenvalue weighted by Gasteiger charge is -2.51. The van der Waals surface area contributed by atoms with E-state index in [1.54, 1.807) is 18.1 Å². The van der Waals surface area contributed by atoms with Gasteiger partial charge in [0.1, 0.15) is 11.4 Å². The van der Waals surface area contributed by atoms with Crippen molar-refractivity contribution in [3.05, 3.63) is 24.5 Å². The number of azo groups is 1. The molecule has 2 bridgehead atoms. The fraction of sp³-hybridized carbons (Fsp3) is 0.619. The Bertz CT molecular complexity index is 867. The topological polar surface area (TPSA) is 62.1 Å². The lowest BCUT2D eigenvalue weighted by molar-refractivity contribution is -0.939. The molecule has 4 heterocycles. The van der Waals surface area contributed by atoms with Crippen molar-refractivity contribution >= 4 is 17.3 Å². The van der Waals surface area contributed by atoms with E-state index in [2.05, 4.69) is 44.2 Å². The fourth-order valence-corrected chi connectivity index (χ4v) is 4.54. The Morgan fingerprint density at radius 1 is 1.20 bits per heavy atom. The van der Waals surface area contributed by atoms with Crippen LogP contribution >= 0.6 is 0 Å². The Kier molecular flexibility index (Phi) is 6.01. The van der Waals surface area contributed by atoms with Crippen LogP contribution < -0.4 is 14.2 Å². The van der Waals surface area contributed by atoms with Crippen LogP contribution in [-0.2, 0) is 14.1 Å². The van der Waals surface area contributed by atoms with Crippen molar-refractivity contribution in [1.29, 1.82) is 0 Å². The second-order valence-electron chi connectivity index (χ2n) is 8.38. The van der Waals surface area contributed by atoms with Gasteiger partial charge in [-0.1, -0.05) is 5.11 Å². The first-order valence-corrected chi connectivity index (χ1v) is 10.8. The molecule has 0 saturated carbocycles. The average Bonchev–Trinajstić information content (AvgIpc) is 3.11. The Morgan fingerprint density at radius 3 is 2.53 bits per heavy atom. The molecule has 0 spiro atoms. The minimum atomic E-state index is 0.673. The molecule has 5 rings (SSSR count). The number of aromatic nitrogens is 3. The van der Waals surface area contributed by atoms with Gasteiger partial charge < -0.3 is 14.1 Å². The Balaban J connectivity index is 1.47. The van der Waals surface area contributed by atoms with Gasteiger partial charge in [0.15, 0.2) is 0 Å². The van der Waals surface area contributed by atoms with E-state index in [1.165, 1.54) is 56.0 Å². The summed E-state index contributed by atoms with van der Waals surface area (Å²) in [5, 5.41) is 12.9. The molecular weight excluding hydrogens is 380 g/mol. The molecule has 1 aromatic carbocycles. The van der Waals surface area contributed by atoms with Gasteiger partial charge in [-0.2, -0.15) is 0 Å². The zero-order chi connectivity index (χ0) is 21.1. The molecule has 162 valence electrons. The van der Waals surface area contributed by atoms with E-state index in [4.69, 9.17) is 4.74 Å². The first-order chi connectivity index (χ1) is 14.5. The van der Waals surface area contributed by atoms with Crippen LogP contribution in [0, 0.1) is 0 Å². The first kappa shape index (κ1) is 20.7. The predicted molar refractivity (Wildman–Crippen MR) is 116 cm³/mol. The summed E-state index contributed by atoms with van der Waals surface area (Å²) < 4.78 is 10.4. The van der Waals surface area contributed by atoms with Gasteiger partial charge in [-0.25, -0.2) is 4.57 Å². The highest BCUT2D eigenvalue weighted by Crippen LogP contribution is 2.33. The standard InChI is InChI=1S/C21H34N8O/c1-5-28(11-15-29-12-8-27(9-13-29)10-14-29)18-6-7-19(20(16-18)30-4)23-24-21-25(2)17-22-26(21)3/h6-7,16-17H,5,8-15H2,1-4H3/q+2. The van der Waals surface area contributed by atoms with Crippen molar-refractivity contribution in [2.24, 2.45) is 24.3 Å². The van der Waals surface area contributed by atoms with Gasteiger partial charge in [-0.3, -0.25) is 4.90 Å². The SMILES string of the molecule is CCN(CC[N+]12CCN(CC1)CC2)c1ccc(N=Nc2n(C)nc[n+]2C)c(OC)c1. The van der Waals surface area contributed by atoms with Gasteiger partial charge in [0, 0.05) is 43.0 Å². The van der Waals surface area contributed by atoms with Crippen molar-refractivity contribution in [1.82, 2.24) is 14.7 Å². The van der Waals surface area contributed by atoms with Crippen LogP contribution in [0.1, 0.15) is 6.92 Å². The smallest absolute Gasteiger partial charge is 0.403 e. The van der Waals surface area contributed by atoms with Crippen LogP contribution in [0.5, 0.6) is 5.75 Å². The highest BCUT2D eigenvalue weighted by Gasteiger charge is 2.38. The normalized spacial score (nSPS) is 23.3. The molecule has 1 aromatic heterocycles. The van der Waals surface area contributed by atoms with Crippen molar-refractivity contribution in [3.63, 3.8) is 0 Å². The maximum atomic E-state index is 5.63. The summed E-state index contributed by atoms with van der Waals surface area (Å²) >= 11 is 0. The molecule has 3 aliphatic rings. The van der Waals surface area contributed by atoms with E-state index in [0.717, 1.165) is 18.8 Å². The van der Waals surface area contributed by atoms with Gasteiger partial charge in [-0.15, -0.1) is 4.68 Å². The Labute approximate surface area is 178 Å². The van der Waals surface area contributed by atoms with Crippen LogP contribution in [0.2, 0.25) is 0 Å². The van der Waals surface area contributed by atoms with Crippen molar-refractivity contribution in [2.45, 2.75) is 6.92 Å². The molecule has 3 aliphatic heterocycles. The van der Waals surface area contributed by atoms with Gasteiger partial charge in [0.25, 0.3) is 0 Å². The lowest BCUT2D eigenvalue weighted by Crippen LogP contribution is -2.68. The zero-order valence-electron chi connectivity index (χ0n) is 18.7. The van der Waals surface area contributed by atoms with Crippen LogP contribution in [0.3, 0.4) is 0 Å². The van der Waals surface area contributed by atoms with E-state index in [9.17, 15) is 0 Å². The molecule has 9 nitrogen and oxygen atoms in total. The van der Waals surface area contributed by atoms with E-state index in [-0.39, 0.29) is 0 Å². The average molecular weight is 415 g/mol. The number of hydrogen-bond acceptors (Lipinski definition) is 6. The quantitative estimate of drug-likeness (QED) is 0.374. The minimum absolute atomic E-state index is 0.673. The zero-order valence-corrected chi connectivity index (χ0v) is 18.7. The van der Waals surface area contributed by atoms with Crippen LogP contribution in [0.25, 0.3) is 0 Å².